The maximum Gasteiger partial charge on any atom is 0.418 e. The monoisotopic (exact) mass is 327 g/mol. The quantitative estimate of drug-likeness (QED) is 0.923. The average molecular weight is 327 g/mol. The van der Waals surface area contributed by atoms with Crippen molar-refractivity contribution in [3.8, 4) is 16.9 Å². The van der Waals surface area contributed by atoms with Crippen LogP contribution in [-0.4, -0.2) is 21.9 Å². The molecule has 2 aromatic rings. The molecule has 0 bridgehead atoms. The summed E-state index contributed by atoms with van der Waals surface area (Å²) in [5, 5.41) is 8.99. The molecule has 0 atom stereocenters. The van der Waals surface area contributed by atoms with Crippen molar-refractivity contribution in [2.75, 3.05) is 0 Å². The van der Waals surface area contributed by atoms with Crippen molar-refractivity contribution in [2.45, 2.75) is 45.1 Å². The van der Waals surface area contributed by atoms with Gasteiger partial charge in [-0.3, -0.25) is 4.79 Å². The van der Waals surface area contributed by atoms with Crippen LogP contribution in [0.3, 0.4) is 0 Å². The van der Waals surface area contributed by atoms with Crippen LogP contribution in [0.2, 0.25) is 0 Å². The second kappa shape index (κ2) is 6.91. The van der Waals surface area contributed by atoms with Gasteiger partial charge >= 0.3 is 6.09 Å². The zero-order chi connectivity index (χ0) is 17.1. The van der Waals surface area contributed by atoms with Gasteiger partial charge in [-0.2, -0.15) is 0 Å². The Morgan fingerprint density at radius 2 is 1.79 bits per heavy atom. The average Bonchev–Trinajstić information content (AvgIpc) is 2.59. The van der Waals surface area contributed by atoms with Crippen LogP contribution in [0.1, 0.15) is 37.7 Å². The molecule has 3 rings (SSSR count). The van der Waals surface area contributed by atoms with Crippen LogP contribution in [0.4, 0.5) is 4.79 Å². The first-order valence-electron chi connectivity index (χ1n) is 8.29. The number of carboxylic acid groups (broad SMARTS) is 1. The first kappa shape index (κ1) is 16.3. The maximum atomic E-state index is 12.1. The smallest absolute Gasteiger partial charge is 0.418 e. The van der Waals surface area contributed by atoms with Gasteiger partial charge in [0.05, 0.1) is 6.10 Å². The molecule has 24 heavy (non-hydrogen) atoms. The van der Waals surface area contributed by atoms with Crippen LogP contribution in [0.5, 0.6) is 5.75 Å². The molecule has 0 unspecified atom stereocenters. The summed E-state index contributed by atoms with van der Waals surface area (Å²) in [4.78, 5) is 23.1. The van der Waals surface area contributed by atoms with E-state index >= 15 is 0 Å². The van der Waals surface area contributed by atoms with E-state index < -0.39 is 11.7 Å². The van der Waals surface area contributed by atoms with Gasteiger partial charge in [0.2, 0.25) is 0 Å². The number of hydrogen-bond donors (Lipinski definition) is 1. The zero-order valence-corrected chi connectivity index (χ0v) is 13.7. The highest BCUT2D eigenvalue weighted by atomic mass is 16.5. The van der Waals surface area contributed by atoms with E-state index in [1.807, 2.05) is 24.3 Å². The van der Waals surface area contributed by atoms with Gasteiger partial charge in [0, 0.05) is 11.8 Å². The summed E-state index contributed by atoms with van der Waals surface area (Å²) in [6.45, 7) is 1.64. The van der Waals surface area contributed by atoms with Gasteiger partial charge in [0.15, 0.2) is 0 Å². The molecule has 1 aromatic heterocycles. The highest BCUT2D eigenvalue weighted by molar-refractivity contribution is 5.72. The summed E-state index contributed by atoms with van der Waals surface area (Å²) in [6.07, 6.45) is 6.27. The Labute approximate surface area is 140 Å². The third kappa shape index (κ3) is 3.35. The van der Waals surface area contributed by atoms with Crippen LogP contribution in [0, 0.1) is 6.92 Å². The molecule has 1 aliphatic rings. The number of nitrogens with zero attached hydrogens (tertiary/aromatic N) is 1. The summed E-state index contributed by atoms with van der Waals surface area (Å²) >= 11 is 0. The van der Waals surface area contributed by atoms with E-state index in [1.54, 1.807) is 13.0 Å². The first-order chi connectivity index (χ1) is 11.6. The Morgan fingerprint density at radius 3 is 2.42 bits per heavy atom. The summed E-state index contributed by atoms with van der Waals surface area (Å²) in [6, 6.07) is 9.29. The molecule has 0 aliphatic heterocycles. The number of hydrogen-bond acceptors (Lipinski definition) is 3. The minimum atomic E-state index is -1.27. The van der Waals surface area contributed by atoms with Gasteiger partial charge in [-0.1, -0.05) is 18.6 Å². The molecule has 5 nitrogen and oxygen atoms in total. The Balaban J connectivity index is 1.82. The number of ether oxygens (including phenoxy) is 1. The van der Waals surface area contributed by atoms with Crippen molar-refractivity contribution < 1.29 is 14.6 Å². The van der Waals surface area contributed by atoms with E-state index in [0.717, 1.165) is 29.7 Å². The fourth-order valence-corrected chi connectivity index (χ4v) is 3.19. The summed E-state index contributed by atoms with van der Waals surface area (Å²) in [5.41, 5.74) is 1.52. The second-order valence-electron chi connectivity index (χ2n) is 6.21. The van der Waals surface area contributed by atoms with E-state index in [1.165, 1.54) is 25.5 Å². The van der Waals surface area contributed by atoms with Crippen molar-refractivity contribution in [1.82, 2.24) is 4.57 Å². The van der Waals surface area contributed by atoms with Crippen molar-refractivity contribution in [3.05, 3.63) is 52.4 Å². The van der Waals surface area contributed by atoms with Crippen molar-refractivity contribution in [2.24, 2.45) is 0 Å². The Hall–Kier alpha value is -2.56. The van der Waals surface area contributed by atoms with Gasteiger partial charge in [-0.05, 0) is 61.9 Å². The predicted octanol–water partition coefficient (Wildman–Crippen LogP) is 4.06. The fourth-order valence-electron chi connectivity index (χ4n) is 3.19. The van der Waals surface area contributed by atoms with E-state index in [2.05, 4.69) is 0 Å². The number of carbonyl (C=O) groups is 1. The molecule has 1 fully saturated rings. The second-order valence-corrected chi connectivity index (χ2v) is 6.21. The van der Waals surface area contributed by atoms with Gasteiger partial charge in [-0.25, -0.2) is 9.36 Å². The lowest BCUT2D eigenvalue weighted by Crippen LogP contribution is -2.27. The molecule has 5 heteroatoms. The Bertz CT molecular complexity index is 786. The Morgan fingerprint density at radius 1 is 1.12 bits per heavy atom. The minimum Gasteiger partial charge on any atom is -0.490 e. The number of aromatic nitrogens is 1. The lowest BCUT2D eigenvalue weighted by Gasteiger charge is -2.23. The van der Waals surface area contributed by atoms with Crippen LogP contribution in [0.25, 0.3) is 11.1 Å². The van der Waals surface area contributed by atoms with Crippen LogP contribution >= 0.6 is 0 Å². The molecule has 1 N–H and O–H groups in total. The van der Waals surface area contributed by atoms with Crippen LogP contribution in [-0.2, 0) is 0 Å². The molecular formula is C19H21NO4. The first-order valence-corrected chi connectivity index (χ1v) is 8.29. The molecule has 0 amide bonds. The summed E-state index contributed by atoms with van der Waals surface area (Å²) in [5.74, 6) is 0.835. The minimum absolute atomic E-state index is 0.297. The van der Waals surface area contributed by atoms with Gasteiger partial charge in [0.1, 0.15) is 5.75 Å². The largest absolute Gasteiger partial charge is 0.490 e. The van der Waals surface area contributed by atoms with E-state index in [9.17, 15) is 9.59 Å². The molecule has 1 aromatic carbocycles. The Kier molecular flexibility index (Phi) is 4.69. The van der Waals surface area contributed by atoms with Gasteiger partial charge < -0.3 is 9.84 Å². The molecule has 1 heterocycles. The van der Waals surface area contributed by atoms with Gasteiger partial charge in [-0.15, -0.1) is 0 Å². The molecule has 1 saturated carbocycles. The standard InChI is InChI=1S/C19H21NO4/c1-13-17(11-12-20(18(13)21)19(22)23)14-7-9-16(10-8-14)24-15-5-3-2-4-6-15/h7-12,15H,2-6H2,1H3,(H,22,23). The highest BCUT2D eigenvalue weighted by Gasteiger charge is 2.15. The molecule has 0 spiro atoms. The number of rotatable bonds is 3. The van der Waals surface area contributed by atoms with Gasteiger partial charge in [0.25, 0.3) is 5.56 Å². The van der Waals surface area contributed by atoms with Crippen molar-refractivity contribution >= 4 is 6.09 Å². The fraction of sp³-hybridized carbons (Fsp3) is 0.368. The zero-order valence-electron chi connectivity index (χ0n) is 13.7. The molecular weight excluding hydrogens is 306 g/mol. The van der Waals surface area contributed by atoms with Crippen LogP contribution < -0.4 is 10.3 Å². The van der Waals surface area contributed by atoms with Crippen LogP contribution in [0.15, 0.2) is 41.3 Å². The highest BCUT2D eigenvalue weighted by Crippen LogP contribution is 2.27. The van der Waals surface area contributed by atoms with E-state index in [0.29, 0.717) is 16.2 Å². The maximum absolute atomic E-state index is 12.1. The lowest BCUT2D eigenvalue weighted by atomic mass is 9.97. The van der Waals surface area contributed by atoms with E-state index in [-0.39, 0.29) is 0 Å². The molecule has 0 saturated heterocycles. The predicted molar refractivity (Wildman–Crippen MR) is 91.8 cm³/mol. The summed E-state index contributed by atoms with van der Waals surface area (Å²) < 4.78 is 6.70. The lowest BCUT2D eigenvalue weighted by molar-refractivity contribution is 0.155. The van der Waals surface area contributed by atoms with E-state index in [4.69, 9.17) is 9.84 Å². The third-order valence-electron chi connectivity index (χ3n) is 4.56. The molecule has 0 radical (unpaired) electrons. The number of pyridine rings is 1. The normalized spacial score (nSPS) is 15.2. The molecule has 126 valence electrons. The molecule has 1 aliphatic carbocycles. The van der Waals surface area contributed by atoms with Crippen molar-refractivity contribution in [1.29, 1.82) is 0 Å². The third-order valence-corrected chi connectivity index (χ3v) is 4.56. The summed E-state index contributed by atoms with van der Waals surface area (Å²) in [7, 11) is 0. The number of benzene rings is 1. The van der Waals surface area contributed by atoms with Crippen molar-refractivity contribution in [3.63, 3.8) is 0 Å². The SMILES string of the molecule is Cc1c(-c2ccc(OC3CCCCC3)cc2)ccn(C(=O)O)c1=O. The topological polar surface area (TPSA) is 68.5 Å².